The number of anilines is 1. The van der Waals surface area contributed by atoms with E-state index in [4.69, 9.17) is 11.6 Å². The molecule has 0 bridgehead atoms. The molecule has 3 amide bonds. The first-order chi connectivity index (χ1) is 15.3. The molecule has 0 saturated heterocycles. The van der Waals surface area contributed by atoms with Crippen LogP contribution in [0.3, 0.4) is 0 Å². The number of nitrogens with zero attached hydrogens (tertiary/aromatic N) is 3. The van der Waals surface area contributed by atoms with Crippen molar-refractivity contribution < 1.29 is 18.8 Å². The molecule has 168 valence electrons. The largest absolute Gasteiger partial charge is 0.354 e. The summed E-state index contributed by atoms with van der Waals surface area (Å²) in [7, 11) is 1.46. The summed E-state index contributed by atoms with van der Waals surface area (Å²) < 4.78 is 13.4. The summed E-state index contributed by atoms with van der Waals surface area (Å²) in [5.74, 6) is -1.58. The number of imidazole rings is 1. The van der Waals surface area contributed by atoms with E-state index in [9.17, 15) is 18.8 Å². The highest BCUT2D eigenvalue weighted by molar-refractivity contribution is 6.34. The van der Waals surface area contributed by atoms with Crippen LogP contribution < -0.4 is 15.6 Å². The highest BCUT2D eigenvalue weighted by Gasteiger charge is 2.51. The van der Waals surface area contributed by atoms with Crippen molar-refractivity contribution in [2.24, 2.45) is 10.5 Å². The third-order valence-corrected chi connectivity index (χ3v) is 6.47. The van der Waals surface area contributed by atoms with E-state index in [1.54, 1.807) is 6.92 Å². The molecule has 1 spiro atoms. The average Bonchev–Trinajstić information content (AvgIpc) is 3.35. The second-order valence-corrected chi connectivity index (χ2v) is 8.34. The van der Waals surface area contributed by atoms with Crippen LogP contribution in [0.15, 0.2) is 29.6 Å². The van der Waals surface area contributed by atoms with Gasteiger partial charge in [0.1, 0.15) is 11.5 Å². The molecule has 1 aliphatic carbocycles. The molecule has 4 rings (SSSR count). The van der Waals surface area contributed by atoms with Gasteiger partial charge < -0.3 is 15.6 Å². The molecule has 0 atom stereocenters. The Kier molecular flexibility index (Phi) is 5.72. The second kappa shape index (κ2) is 8.34. The maximum absolute atomic E-state index is 13.4. The van der Waals surface area contributed by atoms with Crippen molar-refractivity contribution in [2.45, 2.75) is 38.6 Å². The normalized spacial score (nSPS) is 22.8. The number of nitrogens with one attached hydrogen (secondary N) is 3. The molecule has 1 aromatic carbocycles. The van der Waals surface area contributed by atoms with Gasteiger partial charge in [-0.25, -0.2) is 9.37 Å². The fourth-order valence-corrected chi connectivity index (χ4v) is 4.56. The van der Waals surface area contributed by atoms with Crippen molar-refractivity contribution in [3.63, 3.8) is 0 Å². The fraction of sp³-hybridized carbons (Fsp3) is 0.381. The van der Waals surface area contributed by atoms with Gasteiger partial charge in [-0.15, -0.1) is 0 Å². The lowest BCUT2D eigenvalue weighted by atomic mass is 9.69. The van der Waals surface area contributed by atoms with Crippen LogP contribution in [-0.2, 0) is 4.79 Å². The van der Waals surface area contributed by atoms with E-state index in [0.29, 0.717) is 37.1 Å². The molecule has 32 heavy (non-hydrogen) atoms. The number of amides is 3. The van der Waals surface area contributed by atoms with Gasteiger partial charge in [-0.3, -0.25) is 14.4 Å². The van der Waals surface area contributed by atoms with Gasteiger partial charge in [-0.2, -0.15) is 10.1 Å². The van der Waals surface area contributed by atoms with Crippen LogP contribution in [0.2, 0.25) is 5.02 Å². The molecule has 3 N–H and O–H groups in total. The minimum absolute atomic E-state index is 0.0260. The van der Waals surface area contributed by atoms with Crippen molar-refractivity contribution in [1.29, 1.82) is 0 Å². The zero-order chi connectivity index (χ0) is 23.0. The summed E-state index contributed by atoms with van der Waals surface area (Å²) in [6, 6.07) is 3.65. The van der Waals surface area contributed by atoms with Gasteiger partial charge >= 0.3 is 0 Å². The third-order valence-electron chi connectivity index (χ3n) is 6.17. The van der Waals surface area contributed by atoms with Crippen LogP contribution in [0, 0.1) is 11.2 Å². The average molecular weight is 461 g/mol. The molecular formula is C21H22ClFN6O3. The third kappa shape index (κ3) is 3.64. The first-order valence-electron chi connectivity index (χ1n) is 10.2. The van der Waals surface area contributed by atoms with Crippen molar-refractivity contribution in [2.75, 3.05) is 12.1 Å². The first kappa shape index (κ1) is 21.9. The molecule has 2 aliphatic rings. The molecule has 0 radical (unpaired) electrons. The number of rotatable bonds is 4. The summed E-state index contributed by atoms with van der Waals surface area (Å²) in [4.78, 5) is 44.4. The summed E-state index contributed by atoms with van der Waals surface area (Å²) >= 11 is 6.14. The van der Waals surface area contributed by atoms with Gasteiger partial charge in [0, 0.05) is 13.1 Å². The molecule has 2 heterocycles. The molecule has 1 saturated carbocycles. The maximum Gasteiger partial charge on any atom is 0.272 e. The number of benzene rings is 1. The van der Waals surface area contributed by atoms with E-state index in [0.717, 1.165) is 6.07 Å². The quantitative estimate of drug-likeness (QED) is 0.649. The van der Waals surface area contributed by atoms with E-state index in [1.807, 2.05) is 0 Å². The number of hydrogen-bond acceptors (Lipinski definition) is 5. The Balaban J connectivity index is 1.45. The Morgan fingerprint density at radius 1 is 1.28 bits per heavy atom. The van der Waals surface area contributed by atoms with Gasteiger partial charge in [-0.05, 0) is 50.8 Å². The number of aromatic nitrogens is 2. The summed E-state index contributed by atoms with van der Waals surface area (Å²) in [5, 5.41) is 11.1. The number of halogens is 2. The minimum atomic E-state index is -0.778. The standard InChI is InChI=1S/C21H22ClFN6O3/c1-11-21(20(32)29(28-11)15-4-3-12(23)9-14(15)22)7-5-13(6-8-21)27-19(31)17-16(18(30)24-2)25-10-26-17/h3-4,9-10,13H,5-8H2,1-2H3,(H,24,30)(H,25,26)(H,27,31)/t13-,21-. The van der Waals surface area contributed by atoms with Gasteiger partial charge in [-0.1, -0.05) is 11.6 Å². The number of carbonyl (C=O) groups excluding carboxylic acids is 3. The molecule has 1 fully saturated rings. The van der Waals surface area contributed by atoms with E-state index in [1.165, 1.54) is 30.5 Å². The zero-order valence-electron chi connectivity index (χ0n) is 17.5. The molecule has 0 unspecified atom stereocenters. The monoisotopic (exact) mass is 460 g/mol. The van der Waals surface area contributed by atoms with Gasteiger partial charge in [0.25, 0.3) is 17.7 Å². The van der Waals surface area contributed by atoms with Crippen molar-refractivity contribution >= 4 is 40.7 Å². The summed E-state index contributed by atoms with van der Waals surface area (Å²) in [6.07, 6.45) is 3.39. The molecular weight excluding hydrogens is 439 g/mol. The molecule has 9 nitrogen and oxygen atoms in total. The number of aromatic amines is 1. The molecule has 1 aliphatic heterocycles. The number of H-pyrrole nitrogens is 1. The van der Waals surface area contributed by atoms with Gasteiger partial charge in [0.2, 0.25) is 0 Å². The lowest BCUT2D eigenvalue weighted by Gasteiger charge is -2.36. The predicted molar refractivity (Wildman–Crippen MR) is 116 cm³/mol. The van der Waals surface area contributed by atoms with Crippen LogP contribution in [0.4, 0.5) is 10.1 Å². The smallest absolute Gasteiger partial charge is 0.272 e. The van der Waals surface area contributed by atoms with Crippen molar-refractivity contribution in [1.82, 2.24) is 20.6 Å². The molecule has 11 heteroatoms. The topological polar surface area (TPSA) is 120 Å². The van der Waals surface area contributed by atoms with Crippen molar-refractivity contribution in [3.8, 4) is 0 Å². The van der Waals surface area contributed by atoms with Crippen LogP contribution in [0.1, 0.15) is 53.6 Å². The first-order valence-corrected chi connectivity index (χ1v) is 10.6. The van der Waals surface area contributed by atoms with E-state index < -0.39 is 23.0 Å². The second-order valence-electron chi connectivity index (χ2n) is 7.93. The Morgan fingerprint density at radius 2 is 2.00 bits per heavy atom. The maximum atomic E-state index is 13.4. The lowest BCUT2D eigenvalue weighted by molar-refractivity contribution is -0.125. The highest BCUT2D eigenvalue weighted by atomic mass is 35.5. The minimum Gasteiger partial charge on any atom is -0.354 e. The molecule has 2 aromatic rings. The van der Waals surface area contributed by atoms with E-state index >= 15 is 0 Å². The van der Waals surface area contributed by atoms with Gasteiger partial charge in [0.05, 0.1) is 28.2 Å². The molecule has 1 aromatic heterocycles. The lowest BCUT2D eigenvalue weighted by Crippen LogP contribution is -2.47. The fourth-order valence-electron chi connectivity index (χ4n) is 4.31. The summed E-state index contributed by atoms with van der Waals surface area (Å²) in [5.41, 5.74) is 0.350. The summed E-state index contributed by atoms with van der Waals surface area (Å²) in [6.45, 7) is 1.80. The zero-order valence-corrected chi connectivity index (χ0v) is 18.3. The van der Waals surface area contributed by atoms with Crippen LogP contribution >= 0.6 is 11.6 Å². The SMILES string of the molecule is CNC(=O)c1nc[nH]c1C(=O)N[C@H]1CC[C@@]2(CC1)C(=O)N(c1ccc(F)cc1Cl)N=C2C. The number of hydrazone groups is 1. The van der Waals surface area contributed by atoms with E-state index in [2.05, 4.69) is 25.7 Å². The Labute approximate surface area is 188 Å². The van der Waals surface area contributed by atoms with Crippen molar-refractivity contribution in [3.05, 3.63) is 46.8 Å². The van der Waals surface area contributed by atoms with Crippen LogP contribution in [0.25, 0.3) is 0 Å². The van der Waals surface area contributed by atoms with E-state index in [-0.39, 0.29) is 28.4 Å². The van der Waals surface area contributed by atoms with Gasteiger partial charge in [0.15, 0.2) is 5.69 Å². The Hall–Kier alpha value is -3.27. The Bertz CT molecular complexity index is 1120. The predicted octanol–water partition coefficient (Wildman–Crippen LogP) is 2.64. The highest BCUT2D eigenvalue weighted by Crippen LogP contribution is 2.45. The number of carbonyl (C=O) groups is 3. The Morgan fingerprint density at radius 3 is 2.66 bits per heavy atom. The van der Waals surface area contributed by atoms with Crippen LogP contribution in [-0.4, -0.2) is 46.5 Å². The van der Waals surface area contributed by atoms with Crippen LogP contribution in [0.5, 0.6) is 0 Å². The number of hydrogen-bond donors (Lipinski definition) is 3.